The molecule has 0 unspecified atom stereocenters. The van der Waals surface area contributed by atoms with Gasteiger partial charge in [-0.1, -0.05) is 0 Å². The first-order valence-electron chi connectivity index (χ1n) is 9.35. The Kier molecular flexibility index (Phi) is 4.66. The van der Waals surface area contributed by atoms with E-state index in [1.54, 1.807) is 28.3 Å². The predicted molar refractivity (Wildman–Crippen MR) is 108 cm³/mol. The summed E-state index contributed by atoms with van der Waals surface area (Å²) < 4.78 is 1.80. The van der Waals surface area contributed by atoms with Gasteiger partial charge in [-0.05, 0) is 51.8 Å². The maximum Gasteiger partial charge on any atom is 0.326 e. The molecule has 4 rings (SSSR count). The Labute approximate surface area is 166 Å². The lowest BCUT2D eigenvalue weighted by molar-refractivity contribution is -0.141. The Morgan fingerprint density at radius 3 is 2.75 bits per heavy atom. The molecule has 0 spiro atoms. The zero-order valence-corrected chi connectivity index (χ0v) is 16.9. The van der Waals surface area contributed by atoms with E-state index >= 15 is 0 Å². The second-order valence-electron chi connectivity index (χ2n) is 7.38. The second kappa shape index (κ2) is 7.01. The molecule has 0 saturated carbocycles. The third-order valence-corrected chi connectivity index (χ3v) is 6.10. The van der Waals surface area contributed by atoms with Crippen molar-refractivity contribution < 1.29 is 14.7 Å². The number of aromatic nitrogens is 3. The van der Waals surface area contributed by atoms with Gasteiger partial charge in [-0.3, -0.25) is 4.79 Å². The molecule has 8 heteroatoms. The molecule has 4 heterocycles. The van der Waals surface area contributed by atoms with Crippen molar-refractivity contribution in [2.75, 3.05) is 6.54 Å². The lowest BCUT2D eigenvalue weighted by Gasteiger charge is -2.22. The van der Waals surface area contributed by atoms with Crippen LogP contribution in [0.4, 0.5) is 0 Å². The van der Waals surface area contributed by atoms with Crippen molar-refractivity contribution in [1.29, 1.82) is 0 Å². The lowest BCUT2D eigenvalue weighted by atomic mass is 10.1. The summed E-state index contributed by atoms with van der Waals surface area (Å²) >= 11 is 1.61. The molecule has 3 aromatic rings. The molecule has 1 amide bonds. The van der Waals surface area contributed by atoms with Crippen LogP contribution in [0.1, 0.15) is 48.0 Å². The number of carboxylic acids is 1. The molecule has 3 aromatic heterocycles. The smallest absolute Gasteiger partial charge is 0.326 e. The summed E-state index contributed by atoms with van der Waals surface area (Å²) in [6, 6.07) is 5.11. The number of carbonyl (C=O) groups is 2. The highest BCUT2D eigenvalue weighted by Crippen LogP contribution is 2.32. The van der Waals surface area contributed by atoms with Gasteiger partial charge in [0.1, 0.15) is 6.04 Å². The average molecular weight is 398 g/mol. The molecule has 1 aliphatic heterocycles. The molecule has 0 aromatic carbocycles. The van der Waals surface area contributed by atoms with E-state index in [1.807, 2.05) is 32.9 Å². The molecule has 0 radical (unpaired) electrons. The van der Waals surface area contributed by atoms with Gasteiger partial charge in [-0.15, -0.1) is 11.3 Å². The van der Waals surface area contributed by atoms with Crippen molar-refractivity contribution in [3.05, 3.63) is 34.8 Å². The third kappa shape index (κ3) is 3.07. The number of amides is 1. The number of thiophene rings is 1. The fourth-order valence-corrected chi connectivity index (χ4v) is 4.52. The zero-order valence-electron chi connectivity index (χ0n) is 16.0. The molecule has 1 N–H and O–H groups in total. The number of hydrogen-bond acceptors (Lipinski definition) is 5. The molecule has 0 aliphatic carbocycles. The minimum atomic E-state index is -0.955. The summed E-state index contributed by atoms with van der Waals surface area (Å²) in [5.74, 6) is -1.22. The van der Waals surface area contributed by atoms with E-state index in [9.17, 15) is 14.7 Å². The van der Waals surface area contributed by atoms with E-state index in [0.717, 1.165) is 9.75 Å². The van der Waals surface area contributed by atoms with Gasteiger partial charge < -0.3 is 10.0 Å². The first-order valence-corrected chi connectivity index (χ1v) is 10.2. The van der Waals surface area contributed by atoms with E-state index < -0.39 is 12.0 Å². The summed E-state index contributed by atoms with van der Waals surface area (Å²) in [7, 11) is 0. The predicted octanol–water partition coefficient (Wildman–Crippen LogP) is 3.74. The van der Waals surface area contributed by atoms with Crippen LogP contribution >= 0.6 is 11.3 Å². The van der Waals surface area contributed by atoms with Gasteiger partial charge >= 0.3 is 5.97 Å². The number of hydrogen-bond donors (Lipinski definition) is 1. The van der Waals surface area contributed by atoms with Crippen molar-refractivity contribution in [1.82, 2.24) is 19.7 Å². The topological polar surface area (TPSA) is 88.3 Å². The summed E-state index contributed by atoms with van der Waals surface area (Å²) in [6.45, 7) is 6.50. The Morgan fingerprint density at radius 1 is 1.32 bits per heavy atom. The van der Waals surface area contributed by atoms with Crippen LogP contribution in [0.5, 0.6) is 0 Å². The van der Waals surface area contributed by atoms with Crippen molar-refractivity contribution in [3.63, 3.8) is 0 Å². The number of fused-ring (bicyclic) bond motifs is 1. The Hall–Kier alpha value is -2.74. The minimum absolute atomic E-state index is 0.0897. The molecule has 1 atom stereocenters. The Morgan fingerprint density at radius 2 is 2.11 bits per heavy atom. The van der Waals surface area contributed by atoms with Crippen LogP contribution in [0.15, 0.2) is 24.4 Å². The number of rotatable bonds is 4. The van der Waals surface area contributed by atoms with Crippen LogP contribution in [-0.2, 0) is 4.79 Å². The van der Waals surface area contributed by atoms with Crippen molar-refractivity contribution >= 4 is 34.2 Å². The molecular weight excluding hydrogens is 376 g/mol. The molecule has 1 aliphatic rings. The van der Waals surface area contributed by atoms with Gasteiger partial charge in [0, 0.05) is 17.5 Å². The summed E-state index contributed by atoms with van der Waals surface area (Å²) in [5, 5.41) is 14.6. The van der Waals surface area contributed by atoms with Gasteiger partial charge in [0.05, 0.1) is 27.7 Å². The maximum absolute atomic E-state index is 13.3. The summed E-state index contributed by atoms with van der Waals surface area (Å²) in [4.78, 5) is 33.3. The van der Waals surface area contributed by atoms with Gasteiger partial charge in [-0.2, -0.15) is 5.10 Å². The molecule has 1 fully saturated rings. The fraction of sp³-hybridized carbons (Fsp3) is 0.400. The largest absolute Gasteiger partial charge is 0.480 e. The number of nitrogens with zero attached hydrogens (tertiary/aromatic N) is 4. The normalized spacial score (nSPS) is 17.0. The molecule has 146 valence electrons. The first kappa shape index (κ1) is 18.6. The number of likely N-dealkylation sites (tertiary alicyclic amines) is 1. The highest BCUT2D eigenvalue weighted by Gasteiger charge is 2.35. The lowest BCUT2D eigenvalue weighted by Crippen LogP contribution is -2.40. The highest BCUT2D eigenvalue weighted by atomic mass is 32.1. The number of pyridine rings is 1. The molecular formula is C20H22N4O3S. The van der Waals surface area contributed by atoms with Crippen molar-refractivity contribution in [3.8, 4) is 10.6 Å². The maximum atomic E-state index is 13.3. The van der Waals surface area contributed by atoms with Crippen LogP contribution in [-0.4, -0.2) is 49.2 Å². The van der Waals surface area contributed by atoms with Gasteiger partial charge in [-0.25, -0.2) is 14.5 Å². The zero-order chi connectivity index (χ0) is 20.0. The standard InChI is InChI=1S/C20H22N4O3S/c1-11(2)24-18-14(10-21-24)13(9-15(22-18)17-7-6-12(3)28-17)19(25)23-8-4-5-16(23)20(26)27/h6-7,9-11,16H,4-5,8H2,1-3H3,(H,26,27)/t16-/m1/s1. The highest BCUT2D eigenvalue weighted by molar-refractivity contribution is 7.15. The number of carbonyl (C=O) groups excluding carboxylic acids is 1. The number of aliphatic carboxylic acids is 1. The van der Waals surface area contributed by atoms with Gasteiger partial charge in [0.15, 0.2) is 5.65 Å². The van der Waals surface area contributed by atoms with Crippen LogP contribution in [0.25, 0.3) is 21.6 Å². The first-order chi connectivity index (χ1) is 13.4. The average Bonchev–Trinajstić information content (AvgIpc) is 3.38. The van der Waals surface area contributed by atoms with E-state index in [1.165, 1.54) is 4.90 Å². The molecule has 0 bridgehead atoms. The van der Waals surface area contributed by atoms with E-state index in [2.05, 4.69) is 5.10 Å². The fourth-order valence-electron chi connectivity index (χ4n) is 3.69. The van der Waals surface area contributed by atoms with E-state index in [0.29, 0.717) is 41.7 Å². The van der Waals surface area contributed by atoms with Crippen LogP contribution < -0.4 is 0 Å². The molecule has 28 heavy (non-hydrogen) atoms. The van der Waals surface area contributed by atoms with E-state index in [4.69, 9.17) is 4.98 Å². The van der Waals surface area contributed by atoms with Gasteiger partial charge in [0.2, 0.25) is 0 Å². The third-order valence-electron chi connectivity index (χ3n) is 5.08. The van der Waals surface area contributed by atoms with Crippen molar-refractivity contribution in [2.45, 2.75) is 45.7 Å². The van der Waals surface area contributed by atoms with Crippen LogP contribution in [0.2, 0.25) is 0 Å². The van der Waals surface area contributed by atoms with Crippen LogP contribution in [0, 0.1) is 6.92 Å². The number of aryl methyl sites for hydroxylation is 1. The van der Waals surface area contributed by atoms with Crippen LogP contribution in [0.3, 0.4) is 0 Å². The second-order valence-corrected chi connectivity index (χ2v) is 8.67. The summed E-state index contributed by atoms with van der Waals surface area (Å²) in [5.41, 5.74) is 1.82. The van der Waals surface area contributed by atoms with Gasteiger partial charge in [0.25, 0.3) is 5.91 Å². The Bertz CT molecular complexity index is 1070. The Balaban J connectivity index is 1.89. The monoisotopic (exact) mass is 398 g/mol. The minimum Gasteiger partial charge on any atom is -0.480 e. The van der Waals surface area contributed by atoms with Crippen molar-refractivity contribution in [2.24, 2.45) is 0 Å². The molecule has 7 nitrogen and oxygen atoms in total. The SMILES string of the molecule is Cc1ccc(-c2cc(C(=O)N3CCC[C@@H]3C(=O)O)c3cnn(C(C)C)c3n2)s1. The molecule has 1 saturated heterocycles. The quantitative estimate of drug-likeness (QED) is 0.723. The summed E-state index contributed by atoms with van der Waals surface area (Å²) in [6.07, 6.45) is 2.83. The van der Waals surface area contributed by atoms with E-state index in [-0.39, 0.29) is 11.9 Å². The number of carboxylic acid groups (broad SMARTS) is 1.